The topological polar surface area (TPSA) is 228 Å². The van der Waals surface area contributed by atoms with E-state index in [1.165, 1.54) is 244 Å². The van der Waals surface area contributed by atoms with E-state index >= 15 is 0 Å². The molecule has 0 aromatic carbocycles. The summed E-state index contributed by atoms with van der Waals surface area (Å²) in [5, 5.41) is 87.3. The molecule has 0 aromatic rings. The summed E-state index contributed by atoms with van der Waals surface area (Å²) in [4.78, 5) is 13.3. The van der Waals surface area contributed by atoms with Gasteiger partial charge >= 0.3 is 0 Å². The van der Waals surface area contributed by atoms with E-state index in [2.05, 4.69) is 43.5 Å². The van der Waals surface area contributed by atoms with Crippen LogP contribution in [0, 0.1) is 0 Å². The second-order valence-electron chi connectivity index (χ2n) is 25.7. The third kappa shape index (κ3) is 40.8. The quantitative estimate of drug-likeness (QED) is 0.0204. The van der Waals surface area contributed by atoms with Gasteiger partial charge in [-0.3, -0.25) is 4.79 Å². The molecular weight excluding hydrogens is 1090 g/mol. The maximum Gasteiger partial charge on any atom is 0.220 e. The van der Waals surface area contributed by atoms with Gasteiger partial charge in [-0.15, -0.1) is 0 Å². The van der Waals surface area contributed by atoms with Crippen molar-refractivity contribution in [3.05, 3.63) is 36.5 Å². The summed E-state index contributed by atoms with van der Waals surface area (Å²) in [5.41, 5.74) is 0. The average molecular weight is 1220 g/mol. The molecule has 14 nitrogen and oxygen atoms in total. The maximum absolute atomic E-state index is 13.3. The maximum atomic E-state index is 13.3. The molecule has 86 heavy (non-hydrogen) atoms. The zero-order valence-electron chi connectivity index (χ0n) is 55.1. The second-order valence-corrected chi connectivity index (χ2v) is 25.7. The lowest BCUT2D eigenvalue weighted by Crippen LogP contribution is -2.65. The number of hydrogen-bond acceptors (Lipinski definition) is 13. The Hall–Kier alpha value is -1.79. The van der Waals surface area contributed by atoms with E-state index in [1.807, 2.05) is 6.08 Å². The smallest absolute Gasteiger partial charge is 0.220 e. The molecule has 0 bridgehead atoms. The van der Waals surface area contributed by atoms with E-state index < -0.39 is 86.8 Å². The molecule has 14 heteroatoms. The van der Waals surface area contributed by atoms with Gasteiger partial charge in [0.05, 0.1) is 32.0 Å². The average Bonchev–Trinajstić information content (AvgIpc) is 2.38. The van der Waals surface area contributed by atoms with Crippen LogP contribution in [0.3, 0.4) is 0 Å². The molecule has 2 rings (SSSR count). The van der Waals surface area contributed by atoms with Crippen LogP contribution in [-0.4, -0.2) is 140 Å². The van der Waals surface area contributed by atoms with Crippen LogP contribution in [0.2, 0.25) is 0 Å². The van der Waals surface area contributed by atoms with Crippen molar-refractivity contribution in [2.75, 3.05) is 19.8 Å². The molecule has 0 aliphatic carbocycles. The Kier molecular flexibility index (Phi) is 53.4. The molecule has 1 amide bonds. The van der Waals surface area contributed by atoms with Gasteiger partial charge in [0.15, 0.2) is 12.6 Å². The monoisotopic (exact) mass is 1220 g/mol. The van der Waals surface area contributed by atoms with E-state index in [0.29, 0.717) is 12.8 Å². The fourth-order valence-corrected chi connectivity index (χ4v) is 12.0. The normalized spacial score (nSPS) is 23.6. The van der Waals surface area contributed by atoms with Crippen LogP contribution in [0.5, 0.6) is 0 Å². The van der Waals surface area contributed by atoms with Crippen molar-refractivity contribution in [2.45, 2.75) is 396 Å². The van der Waals surface area contributed by atoms with Gasteiger partial charge in [-0.2, -0.15) is 0 Å². The van der Waals surface area contributed by atoms with E-state index in [1.54, 1.807) is 6.08 Å². The Morgan fingerprint density at radius 1 is 0.407 bits per heavy atom. The van der Waals surface area contributed by atoms with Crippen LogP contribution in [0.25, 0.3) is 0 Å². The standard InChI is InChI=1S/C72H135NO13/c1-3-5-7-9-11-13-15-17-19-21-22-23-24-25-26-27-28-29-30-31-32-33-34-35-36-37-38-40-42-44-46-48-50-52-54-56-64(77)73-60(61(76)55-53-51-49-47-45-43-41-39-20-18-16-14-12-10-8-6-4-2)59-83-71-69(82)67(80)70(63(58-75)85-71)86-72-68(81)66(79)65(78)62(57-74)84-72/h20,39,45,47,53,55,60-63,65-72,74-76,78-82H,3-19,21-38,40-44,46,48-52,54,56-59H2,1-2H3,(H,73,77)/b39-20+,47-45+,55-53+. The molecule has 12 atom stereocenters. The van der Waals surface area contributed by atoms with E-state index in [0.717, 1.165) is 44.9 Å². The number of amides is 1. The molecule has 0 radical (unpaired) electrons. The molecule has 2 aliphatic rings. The summed E-state index contributed by atoms with van der Waals surface area (Å²) in [6.45, 7) is 2.81. The van der Waals surface area contributed by atoms with E-state index in [-0.39, 0.29) is 18.9 Å². The molecular formula is C72H135NO13. The van der Waals surface area contributed by atoms with Crippen LogP contribution in [-0.2, 0) is 23.7 Å². The van der Waals surface area contributed by atoms with Crippen LogP contribution in [0.15, 0.2) is 36.5 Å². The molecule has 9 N–H and O–H groups in total. The summed E-state index contributed by atoms with van der Waals surface area (Å²) in [5.74, 6) is -0.247. The number of nitrogens with one attached hydrogen (secondary N) is 1. The van der Waals surface area contributed by atoms with E-state index in [9.17, 15) is 45.6 Å². The lowest BCUT2D eigenvalue weighted by Gasteiger charge is -2.46. The predicted octanol–water partition coefficient (Wildman–Crippen LogP) is 14.9. The number of hydrogen-bond donors (Lipinski definition) is 9. The summed E-state index contributed by atoms with van der Waals surface area (Å²) in [7, 11) is 0. The zero-order chi connectivity index (χ0) is 62.3. The summed E-state index contributed by atoms with van der Waals surface area (Å²) in [6, 6.07) is -0.936. The van der Waals surface area contributed by atoms with Crippen LogP contribution in [0.4, 0.5) is 0 Å². The van der Waals surface area contributed by atoms with Crippen LogP contribution < -0.4 is 5.32 Å². The molecule has 0 saturated carbocycles. The number of aliphatic hydroxyl groups is 8. The van der Waals surface area contributed by atoms with Gasteiger partial charge in [-0.1, -0.05) is 307 Å². The largest absolute Gasteiger partial charge is 0.394 e. The first kappa shape index (κ1) is 80.3. The minimum Gasteiger partial charge on any atom is -0.394 e. The zero-order valence-corrected chi connectivity index (χ0v) is 55.1. The number of rotatable bonds is 60. The number of allylic oxidation sites excluding steroid dienone is 5. The Morgan fingerprint density at radius 2 is 0.744 bits per heavy atom. The molecule has 2 heterocycles. The van der Waals surface area contributed by atoms with Crippen molar-refractivity contribution >= 4 is 5.91 Å². The highest BCUT2D eigenvalue weighted by Gasteiger charge is 2.51. The van der Waals surface area contributed by atoms with Crippen molar-refractivity contribution in [3.8, 4) is 0 Å². The van der Waals surface area contributed by atoms with Gasteiger partial charge in [0.2, 0.25) is 5.91 Å². The summed E-state index contributed by atoms with van der Waals surface area (Å²) in [6.07, 6.45) is 56.6. The van der Waals surface area contributed by atoms with Crippen LogP contribution in [0.1, 0.15) is 322 Å². The van der Waals surface area contributed by atoms with Gasteiger partial charge in [0.1, 0.15) is 48.8 Å². The van der Waals surface area contributed by atoms with Crippen molar-refractivity contribution in [3.63, 3.8) is 0 Å². The van der Waals surface area contributed by atoms with Gasteiger partial charge in [-0.05, 0) is 44.9 Å². The third-order valence-electron chi connectivity index (χ3n) is 17.8. The predicted molar refractivity (Wildman–Crippen MR) is 351 cm³/mol. The highest BCUT2D eigenvalue weighted by molar-refractivity contribution is 5.76. The summed E-state index contributed by atoms with van der Waals surface area (Å²) < 4.78 is 22.8. The second kappa shape index (κ2) is 57.1. The lowest BCUT2D eigenvalue weighted by atomic mass is 9.97. The molecule has 0 aromatic heterocycles. The van der Waals surface area contributed by atoms with E-state index in [4.69, 9.17) is 18.9 Å². The molecule has 12 unspecified atom stereocenters. The molecule has 2 saturated heterocycles. The van der Waals surface area contributed by atoms with Crippen molar-refractivity contribution in [1.29, 1.82) is 0 Å². The van der Waals surface area contributed by atoms with Gasteiger partial charge in [0.25, 0.3) is 0 Å². The first-order valence-corrected chi connectivity index (χ1v) is 36.2. The number of ether oxygens (including phenoxy) is 4. The lowest BCUT2D eigenvalue weighted by molar-refractivity contribution is -0.359. The highest BCUT2D eigenvalue weighted by Crippen LogP contribution is 2.30. The minimum atomic E-state index is -1.79. The minimum absolute atomic E-state index is 0.247. The summed E-state index contributed by atoms with van der Waals surface area (Å²) >= 11 is 0. The Balaban J connectivity index is 1.61. The first-order valence-electron chi connectivity index (χ1n) is 36.2. The van der Waals surface area contributed by atoms with Crippen LogP contribution >= 0.6 is 0 Å². The molecule has 2 fully saturated rings. The Morgan fingerprint density at radius 3 is 1.14 bits per heavy atom. The molecule has 0 spiro atoms. The number of unbranched alkanes of at least 4 members (excludes halogenated alkanes) is 43. The Labute approximate surface area is 525 Å². The van der Waals surface area contributed by atoms with Crippen molar-refractivity contribution < 1.29 is 64.6 Å². The van der Waals surface area contributed by atoms with Crippen molar-refractivity contribution in [1.82, 2.24) is 5.32 Å². The fourth-order valence-electron chi connectivity index (χ4n) is 12.0. The fraction of sp³-hybridized carbons (Fsp3) is 0.903. The Bertz CT molecular complexity index is 1580. The SMILES string of the molecule is CCCCCCCCC/C=C/CC/C=C/CC/C=C/C(O)C(COC1OC(CO)C(OC2OC(CO)C(O)C(O)C2O)C(O)C1O)NC(=O)CCCCCCCCCCCCCCCCCCCCCCCCCCCCCCCCCCCCC. The molecule has 506 valence electrons. The highest BCUT2D eigenvalue weighted by atomic mass is 16.7. The first-order chi connectivity index (χ1) is 42.1. The van der Waals surface area contributed by atoms with Gasteiger partial charge in [-0.25, -0.2) is 0 Å². The number of carbonyl (C=O) groups excluding carboxylic acids is 1. The number of aliphatic hydroxyl groups excluding tert-OH is 8. The van der Waals surface area contributed by atoms with Crippen molar-refractivity contribution in [2.24, 2.45) is 0 Å². The third-order valence-corrected chi connectivity index (χ3v) is 17.8. The molecule has 2 aliphatic heterocycles. The number of carbonyl (C=O) groups is 1. The van der Waals surface area contributed by atoms with Gasteiger partial charge in [0, 0.05) is 6.42 Å². The van der Waals surface area contributed by atoms with Gasteiger partial charge < -0.3 is 65.1 Å².